The summed E-state index contributed by atoms with van der Waals surface area (Å²) in [4.78, 5) is 25.3. The van der Waals surface area contributed by atoms with Crippen molar-refractivity contribution in [1.82, 2.24) is 0 Å². The number of hydrogen-bond acceptors (Lipinski definition) is 4. The Morgan fingerprint density at radius 2 is 1.96 bits per heavy atom. The maximum Gasteiger partial charge on any atom is 0.227 e. The summed E-state index contributed by atoms with van der Waals surface area (Å²) < 4.78 is 38.5. The topological polar surface area (TPSA) is 83.6 Å². The molecular weight excluding hydrogens is 359 g/mol. The van der Waals surface area contributed by atoms with E-state index in [9.17, 15) is 22.4 Å². The molecule has 1 heterocycles. The Morgan fingerprint density at radius 1 is 1.23 bits per heavy atom. The van der Waals surface area contributed by atoms with E-state index in [1.165, 1.54) is 23.1 Å². The molecule has 1 aliphatic heterocycles. The fraction of sp³-hybridized carbons (Fsp3) is 0.556. The molecule has 0 spiro atoms. The Kier molecular flexibility index (Phi) is 5.60. The molecule has 3 rings (SSSR count). The molecule has 1 aromatic carbocycles. The molecule has 1 saturated heterocycles. The predicted octanol–water partition coefficient (Wildman–Crippen LogP) is 2.64. The number of carbonyl (C=O) groups is 2. The summed E-state index contributed by atoms with van der Waals surface area (Å²) in [5, 5.41) is 2.28. The first kappa shape index (κ1) is 18.8. The highest BCUT2D eigenvalue weighted by Gasteiger charge is 2.29. The standard InChI is InChI=1S/C18H23FN2O4S/c19-15-8-7-13(12-16(15)21-10-3-6-18(21)23)20-17(22)9-11-26(24,25)14-4-1-2-5-14/h7-8,12,14H,1-6,9-11H2,(H,20,22). The third-order valence-electron chi connectivity index (χ3n) is 5.02. The van der Waals surface area contributed by atoms with Crippen LogP contribution in [0.5, 0.6) is 0 Å². The Hall–Kier alpha value is -1.96. The van der Waals surface area contributed by atoms with E-state index in [0.29, 0.717) is 37.9 Å². The second-order valence-corrected chi connectivity index (χ2v) is 9.29. The van der Waals surface area contributed by atoms with Gasteiger partial charge in [-0.1, -0.05) is 12.8 Å². The SMILES string of the molecule is O=C(CCS(=O)(=O)C1CCCC1)Nc1ccc(F)c(N2CCCC2=O)c1. The van der Waals surface area contributed by atoms with E-state index in [1.807, 2.05) is 0 Å². The number of carbonyl (C=O) groups excluding carboxylic acids is 2. The number of anilines is 2. The first-order valence-electron chi connectivity index (χ1n) is 8.98. The largest absolute Gasteiger partial charge is 0.326 e. The zero-order valence-electron chi connectivity index (χ0n) is 14.5. The van der Waals surface area contributed by atoms with Gasteiger partial charge in [0.2, 0.25) is 11.8 Å². The van der Waals surface area contributed by atoms with Gasteiger partial charge in [-0.2, -0.15) is 0 Å². The lowest BCUT2D eigenvalue weighted by molar-refractivity contribution is -0.117. The van der Waals surface area contributed by atoms with E-state index >= 15 is 0 Å². The molecular formula is C18H23FN2O4S. The first-order valence-corrected chi connectivity index (χ1v) is 10.7. The van der Waals surface area contributed by atoms with Crippen LogP contribution >= 0.6 is 0 Å². The molecule has 0 bridgehead atoms. The predicted molar refractivity (Wildman–Crippen MR) is 97.3 cm³/mol. The summed E-state index contributed by atoms with van der Waals surface area (Å²) in [5.41, 5.74) is 0.494. The van der Waals surface area contributed by atoms with Crippen molar-refractivity contribution in [2.75, 3.05) is 22.5 Å². The van der Waals surface area contributed by atoms with Crippen LogP contribution in [0.3, 0.4) is 0 Å². The maximum atomic E-state index is 14.0. The van der Waals surface area contributed by atoms with Gasteiger partial charge in [0.1, 0.15) is 5.82 Å². The number of sulfone groups is 1. The number of hydrogen-bond donors (Lipinski definition) is 1. The summed E-state index contributed by atoms with van der Waals surface area (Å²) in [5.74, 6) is -1.28. The zero-order chi connectivity index (χ0) is 18.7. The van der Waals surface area contributed by atoms with Crippen LogP contribution in [0, 0.1) is 5.82 Å². The Morgan fingerprint density at radius 3 is 2.62 bits per heavy atom. The van der Waals surface area contributed by atoms with Gasteiger partial charge in [-0.15, -0.1) is 0 Å². The van der Waals surface area contributed by atoms with Gasteiger partial charge in [0.05, 0.1) is 16.7 Å². The molecule has 26 heavy (non-hydrogen) atoms. The highest BCUT2D eigenvalue weighted by atomic mass is 32.2. The molecule has 6 nitrogen and oxygen atoms in total. The number of amides is 2. The Labute approximate surface area is 152 Å². The molecule has 2 aliphatic rings. The number of benzene rings is 1. The Balaban J connectivity index is 1.61. The van der Waals surface area contributed by atoms with Gasteiger partial charge in [0.15, 0.2) is 9.84 Å². The van der Waals surface area contributed by atoms with Gasteiger partial charge >= 0.3 is 0 Å². The van der Waals surface area contributed by atoms with Crippen molar-refractivity contribution in [3.63, 3.8) is 0 Å². The summed E-state index contributed by atoms with van der Waals surface area (Å²) in [6, 6.07) is 4.02. The van der Waals surface area contributed by atoms with Crippen LogP contribution in [0.2, 0.25) is 0 Å². The van der Waals surface area contributed by atoms with Crippen molar-refractivity contribution in [1.29, 1.82) is 0 Å². The molecule has 1 saturated carbocycles. The van der Waals surface area contributed by atoms with Crippen LogP contribution in [0.25, 0.3) is 0 Å². The second kappa shape index (κ2) is 7.73. The van der Waals surface area contributed by atoms with Gasteiger partial charge in [-0.25, -0.2) is 12.8 Å². The van der Waals surface area contributed by atoms with Gasteiger partial charge < -0.3 is 10.2 Å². The highest BCUT2D eigenvalue weighted by molar-refractivity contribution is 7.92. The molecule has 1 N–H and O–H groups in total. The fourth-order valence-corrected chi connectivity index (χ4v) is 5.43. The average Bonchev–Trinajstić information content (AvgIpc) is 3.27. The van der Waals surface area contributed by atoms with E-state index in [0.717, 1.165) is 12.8 Å². The van der Waals surface area contributed by atoms with Crippen molar-refractivity contribution in [2.24, 2.45) is 0 Å². The third kappa shape index (κ3) is 4.23. The molecule has 2 fully saturated rings. The second-order valence-electron chi connectivity index (χ2n) is 6.89. The molecule has 0 radical (unpaired) electrons. The molecule has 1 aliphatic carbocycles. The van der Waals surface area contributed by atoms with E-state index in [-0.39, 0.29) is 29.0 Å². The van der Waals surface area contributed by atoms with E-state index < -0.39 is 21.6 Å². The number of rotatable bonds is 6. The number of halogens is 1. The number of nitrogens with one attached hydrogen (secondary N) is 1. The summed E-state index contributed by atoms with van der Waals surface area (Å²) in [6.45, 7) is 0.451. The van der Waals surface area contributed by atoms with Crippen molar-refractivity contribution >= 4 is 33.0 Å². The van der Waals surface area contributed by atoms with Gasteiger partial charge in [-0.3, -0.25) is 9.59 Å². The molecule has 0 aromatic heterocycles. The van der Waals surface area contributed by atoms with Crippen molar-refractivity contribution in [2.45, 2.75) is 50.2 Å². The lowest BCUT2D eigenvalue weighted by Gasteiger charge is -2.18. The van der Waals surface area contributed by atoms with Crippen LogP contribution in [0.1, 0.15) is 44.9 Å². The molecule has 1 aromatic rings. The smallest absolute Gasteiger partial charge is 0.227 e. The summed E-state index contributed by atoms with van der Waals surface area (Å²) in [7, 11) is -3.26. The Bertz CT molecular complexity index is 803. The van der Waals surface area contributed by atoms with Crippen molar-refractivity contribution in [3.8, 4) is 0 Å². The monoisotopic (exact) mass is 382 g/mol. The summed E-state index contributed by atoms with van der Waals surface area (Å²) >= 11 is 0. The van der Waals surface area contributed by atoms with Crippen LogP contribution in [-0.2, 0) is 19.4 Å². The van der Waals surface area contributed by atoms with Crippen LogP contribution in [0.15, 0.2) is 18.2 Å². The van der Waals surface area contributed by atoms with Crippen molar-refractivity contribution < 1.29 is 22.4 Å². The minimum Gasteiger partial charge on any atom is -0.326 e. The van der Waals surface area contributed by atoms with Crippen LogP contribution < -0.4 is 10.2 Å². The molecule has 0 atom stereocenters. The summed E-state index contributed by atoms with van der Waals surface area (Å²) in [6.07, 6.45) is 4.12. The van der Waals surface area contributed by atoms with Crippen molar-refractivity contribution in [3.05, 3.63) is 24.0 Å². The maximum absolute atomic E-state index is 14.0. The normalized spacial score (nSPS) is 18.5. The molecule has 2 amide bonds. The van der Waals surface area contributed by atoms with E-state index in [1.54, 1.807) is 0 Å². The van der Waals surface area contributed by atoms with Crippen LogP contribution in [-0.4, -0.2) is 37.8 Å². The first-order chi connectivity index (χ1) is 12.4. The van der Waals surface area contributed by atoms with Gasteiger partial charge in [-0.05, 0) is 37.5 Å². The minimum absolute atomic E-state index is 0.131. The molecule has 0 unspecified atom stereocenters. The minimum atomic E-state index is -3.26. The molecule has 8 heteroatoms. The highest BCUT2D eigenvalue weighted by Crippen LogP contribution is 2.28. The quantitative estimate of drug-likeness (QED) is 0.820. The lowest BCUT2D eigenvalue weighted by atomic mass is 10.2. The van der Waals surface area contributed by atoms with E-state index in [4.69, 9.17) is 0 Å². The molecule has 142 valence electrons. The third-order valence-corrected chi connectivity index (χ3v) is 7.28. The van der Waals surface area contributed by atoms with Crippen LogP contribution in [0.4, 0.5) is 15.8 Å². The average molecular weight is 382 g/mol. The van der Waals surface area contributed by atoms with E-state index in [2.05, 4.69) is 5.32 Å². The number of nitrogens with zero attached hydrogens (tertiary/aromatic N) is 1. The fourth-order valence-electron chi connectivity index (χ4n) is 3.57. The zero-order valence-corrected chi connectivity index (χ0v) is 15.4. The van der Waals surface area contributed by atoms with Gasteiger partial charge in [0.25, 0.3) is 0 Å². The van der Waals surface area contributed by atoms with Gasteiger partial charge in [0, 0.05) is 25.1 Å². The lowest BCUT2D eigenvalue weighted by Crippen LogP contribution is -2.26.